The van der Waals surface area contributed by atoms with Crippen molar-refractivity contribution in [1.29, 1.82) is 0 Å². The van der Waals surface area contributed by atoms with Gasteiger partial charge in [0, 0.05) is 116 Å². The normalized spacial score (nSPS) is 12.1. The van der Waals surface area contributed by atoms with Gasteiger partial charge in [-0.25, -0.2) is 9.36 Å². The number of ketones is 5. The van der Waals surface area contributed by atoms with Crippen molar-refractivity contribution < 1.29 is 164 Å². The largest absolute Gasteiger partial charge is 0.480 e. The van der Waals surface area contributed by atoms with E-state index in [1.807, 2.05) is 6.92 Å². The topological polar surface area (TPSA) is 690 Å². The summed E-state index contributed by atoms with van der Waals surface area (Å²) in [5, 5.41) is 55.9. The molecule has 1 fully saturated rings. The zero-order chi connectivity index (χ0) is 112. The molecule has 150 heavy (non-hydrogen) atoms. The number of unbranched alkanes of at least 4 members (excludes halogenated alkanes) is 23. The van der Waals surface area contributed by atoms with E-state index in [0.29, 0.717) is 56.3 Å². The Hall–Kier alpha value is -12.8. The number of aromatic nitrogens is 3. The summed E-state index contributed by atoms with van der Waals surface area (Å²) in [6.07, 6.45) is 37.6. The fourth-order valence-electron chi connectivity index (χ4n) is 14.2. The Morgan fingerprint density at radius 1 is 0.400 bits per heavy atom. The van der Waals surface area contributed by atoms with E-state index in [1.54, 1.807) is 31.2 Å². The molecule has 1 aliphatic heterocycles. The number of para-hydroxylation sites is 1. The number of rotatable bonds is 87. The first kappa shape index (κ1) is 135. The number of benzene rings is 1. The Labute approximate surface area is 875 Å². The molecular weight excluding hydrogens is 1980 g/mol. The van der Waals surface area contributed by atoms with Gasteiger partial charge in [0.25, 0.3) is 0 Å². The summed E-state index contributed by atoms with van der Waals surface area (Å²) in [4.78, 5) is 297. The third kappa shape index (κ3) is 71.7. The third-order valence-electron chi connectivity index (χ3n) is 22.6. The maximum absolute atomic E-state index is 12.8. The van der Waals surface area contributed by atoms with Gasteiger partial charge < -0.3 is 91.5 Å². The van der Waals surface area contributed by atoms with Crippen LogP contribution in [0.25, 0.3) is 11.0 Å². The van der Waals surface area contributed by atoms with Crippen LogP contribution in [0.1, 0.15) is 317 Å². The second kappa shape index (κ2) is 83.9. The molecule has 842 valence electrons. The molecule has 0 spiro atoms. The summed E-state index contributed by atoms with van der Waals surface area (Å²) < 4.78 is 33.3. The lowest BCUT2D eigenvalue weighted by Gasteiger charge is -2.21. The van der Waals surface area contributed by atoms with E-state index >= 15 is 0 Å². The molecule has 0 aliphatic carbocycles. The molecule has 1 aromatic heterocycles. The van der Waals surface area contributed by atoms with E-state index in [1.165, 1.54) is 89.9 Å². The van der Waals surface area contributed by atoms with Crippen LogP contribution in [0.2, 0.25) is 0 Å². The first-order valence-electron chi connectivity index (χ1n) is 51.9. The van der Waals surface area contributed by atoms with Crippen LogP contribution in [0, 0.1) is 0 Å². The number of fused-ring (bicyclic) bond motifs is 1. The highest BCUT2D eigenvalue weighted by atomic mass is 31.2. The van der Waals surface area contributed by atoms with Crippen LogP contribution in [0.15, 0.2) is 48.6 Å². The van der Waals surface area contributed by atoms with Crippen LogP contribution < -0.4 is 37.2 Å². The van der Waals surface area contributed by atoms with Gasteiger partial charge in [-0.1, -0.05) is 178 Å². The number of carboxylic acids is 4. The molecule has 0 saturated carbocycles. The van der Waals surface area contributed by atoms with Gasteiger partial charge in [0.15, 0.2) is 23.5 Å². The zero-order valence-corrected chi connectivity index (χ0v) is 88.3. The van der Waals surface area contributed by atoms with Crippen molar-refractivity contribution in [2.75, 3.05) is 118 Å². The van der Waals surface area contributed by atoms with Crippen molar-refractivity contribution in [3.8, 4) is 0 Å². The molecule has 1 aromatic carbocycles. The van der Waals surface area contributed by atoms with Gasteiger partial charge in [0.05, 0.1) is 58.9 Å². The van der Waals surface area contributed by atoms with Gasteiger partial charge in [-0.2, -0.15) is 0 Å². The lowest BCUT2D eigenvalue weighted by atomic mass is 10.1. The van der Waals surface area contributed by atoms with Gasteiger partial charge in [-0.15, -0.1) is 5.10 Å². The Morgan fingerprint density at radius 3 is 1.29 bits per heavy atom. The number of imide groups is 1. The molecule has 1 aliphatic rings. The fraction of sp³-hybridized carbons (Fsp3) is 0.673. The van der Waals surface area contributed by atoms with E-state index in [-0.39, 0.29) is 134 Å². The summed E-state index contributed by atoms with van der Waals surface area (Å²) >= 11 is 0. The highest BCUT2D eigenvalue weighted by Crippen LogP contribution is 2.43. The number of aliphatic carboxylic acids is 4. The van der Waals surface area contributed by atoms with Crippen LogP contribution in [-0.2, 0) is 133 Å². The Morgan fingerprint density at radius 2 is 0.813 bits per heavy atom. The number of hydrogen-bond donors (Lipinski definition) is 11. The van der Waals surface area contributed by atoms with E-state index < -0.39 is 237 Å². The molecule has 2 heterocycles. The number of ether oxygens (including phenoxy) is 2. The minimum atomic E-state index is -4.50. The third-order valence-corrected chi connectivity index (χ3v) is 23.6. The second-order valence-corrected chi connectivity index (χ2v) is 37.2. The minimum Gasteiger partial charge on any atom is -0.480 e. The molecule has 1 saturated heterocycles. The quantitative estimate of drug-likeness (QED) is 0.00785. The number of allylic oxidation sites excluding steroid dienone is 4. The molecule has 11 amide bonds. The molecule has 2 aromatic rings. The lowest BCUT2D eigenvalue weighted by Crippen LogP contribution is -2.47. The van der Waals surface area contributed by atoms with Crippen LogP contribution in [0.5, 0.6) is 0 Å². The molecule has 12 N–H and O–H groups in total. The number of phosphoric acid groups is 1. The molecule has 3 rings (SSSR count). The minimum absolute atomic E-state index is 0.0309. The van der Waals surface area contributed by atoms with Gasteiger partial charge in [0.2, 0.25) is 65.0 Å². The van der Waals surface area contributed by atoms with Gasteiger partial charge in [-0.3, -0.25) is 119 Å². The highest BCUT2D eigenvalue weighted by molar-refractivity contribution is 7.47. The number of likely N-dealkylation sites (tertiary alicyclic amines) is 1. The molecule has 48 nitrogen and oxygen atoms in total. The Bertz CT molecular complexity index is 4680. The number of carbonyl (C=O) groups excluding carboxylic acids is 19. The summed E-state index contributed by atoms with van der Waals surface area (Å²) in [7, 11) is -4.50. The van der Waals surface area contributed by atoms with Crippen LogP contribution in [0.4, 0.5) is 0 Å². The van der Waals surface area contributed by atoms with Crippen LogP contribution >= 0.6 is 7.82 Å². The fourth-order valence-corrected chi connectivity index (χ4v) is 15.0. The summed E-state index contributed by atoms with van der Waals surface area (Å²) in [5.41, 5.74) is 6.36. The van der Waals surface area contributed by atoms with Crippen molar-refractivity contribution in [3.63, 3.8) is 0 Å². The van der Waals surface area contributed by atoms with Crippen molar-refractivity contribution in [2.24, 2.45) is 5.73 Å². The van der Waals surface area contributed by atoms with E-state index in [9.17, 15) is 135 Å². The summed E-state index contributed by atoms with van der Waals surface area (Å²) in [6.45, 7) is -2.41. The van der Waals surface area contributed by atoms with Crippen LogP contribution in [-0.4, -0.2) is 325 Å². The van der Waals surface area contributed by atoms with Crippen LogP contribution in [0.3, 0.4) is 0 Å². The summed E-state index contributed by atoms with van der Waals surface area (Å²) in [6, 6.07) is 7.04. The molecule has 2 unspecified atom stereocenters. The molecule has 0 radical (unpaired) electrons. The molecule has 49 heteroatoms. The average Bonchev–Trinajstić information content (AvgIpc) is 1.68. The summed E-state index contributed by atoms with van der Waals surface area (Å²) in [5.74, 6) is -18.1. The van der Waals surface area contributed by atoms with Crippen molar-refractivity contribution in [2.45, 2.75) is 323 Å². The predicted octanol–water partition coefficient (Wildman–Crippen LogP) is 7.10. The number of nitrogens with two attached hydrogens (primary N) is 1. The number of nitrogens with one attached hydrogen (secondary N) is 5. The number of hydrogen-bond acceptors (Lipinski definition) is 32. The smallest absolute Gasteiger partial charge is 0.472 e. The van der Waals surface area contributed by atoms with Gasteiger partial charge in [-0.05, 0) is 94.4 Å². The number of phosphoric ester groups is 1. The second-order valence-electron chi connectivity index (χ2n) is 35.7. The number of carboxylic acid groups (broad SMARTS) is 4. The Kier molecular flexibility index (Phi) is 75.7. The van der Waals surface area contributed by atoms with E-state index in [2.05, 4.69) is 75.0 Å². The molecule has 0 bridgehead atoms. The van der Waals surface area contributed by atoms with Crippen molar-refractivity contribution in [3.05, 3.63) is 48.6 Å². The monoisotopic (exact) mass is 2140 g/mol. The zero-order valence-electron chi connectivity index (χ0n) is 87.4. The lowest BCUT2D eigenvalue weighted by molar-refractivity contribution is -0.161. The first-order chi connectivity index (χ1) is 71.6. The Balaban J connectivity index is 0.00000128. The predicted molar refractivity (Wildman–Crippen MR) is 543 cm³/mol. The van der Waals surface area contributed by atoms with Gasteiger partial charge in [0.1, 0.15) is 68.5 Å². The number of carbonyl (C=O) groups is 23. The van der Waals surface area contributed by atoms with Crippen molar-refractivity contribution in [1.82, 2.24) is 66.2 Å². The number of nitrogens with zero attached hydrogens (tertiary/aromatic N) is 8. The van der Waals surface area contributed by atoms with Gasteiger partial charge >= 0.3 is 49.6 Å². The number of esters is 2. The molecular formula is C101H159N14O34P. The average molecular weight is 2140 g/mol. The standard InChI is InChI=1S/C44H65N9O21.C44H82NO9P.C13H12N4O4/c1-2-3-5-28(54)7-11-33(59)48-19-40(66)53(27-44(73)74)23-36(62)47-17-30(56)10-14-38(64)50(24-41(67)68)20-31(57)6-4-15-46-35(61)22-52(26-43(71)72)39(65)18-49-34(60)12-8-32(58)21-51(25-42(69)70)37(63)13-9-29(55)16-45;1-4-7-9-11-13-15-17-19-21-23-25-27-29-31-33-35-43(47)51-39-41(40-53-55(49,50)52-38-37-45-42(46)6-3)54-44(48)36-34-32-30-28-26-24-22-20-18-16-14-12-10-8-5-2;18-11-5-6-12(19)16(11)8-7-13(20)21-17-10-4-2-1-3-9(10)14-15-17/h2-27,45H2,1H3,(H,46,61)(H,47,62)(H,48,59)(H,49,60)(H,67,68)(H,69,70)(H,71,72)(H,73,74);19-22,41H,4-18,23-40H2,1-3H3,(H,45,46)(H,49,50);1-4H,5-8H2/b;21-19+,22-20+;. The maximum atomic E-state index is 12.8. The SMILES string of the molecule is CCCCC(=O)CCC(=O)NCC(=O)N(CC(=O)O)CC(=O)NCC(=O)CCC(=O)N(CC(=O)O)CC(=O)CCCNC(=O)CN(CC(=O)O)C(=O)CNC(=O)CCC(=O)CN(CC(=O)O)C(=O)CCC(=O)CN.CCCCCCCC/C=C/CCCCCCCC(=O)OCC(COP(=O)(O)OCCNC(=O)CC)OC(=O)CCCCCCC/C=C/CCCCCCCC.O=C(CCN1C(=O)CCC1=O)On1nnc2ccccc21. The maximum Gasteiger partial charge on any atom is 0.472 e. The van der Waals surface area contributed by atoms with Crippen molar-refractivity contribution >= 4 is 155 Å². The van der Waals surface area contributed by atoms with E-state index in [4.69, 9.17) is 34.2 Å². The first-order valence-corrected chi connectivity index (χ1v) is 53.4. The number of amides is 11. The number of Topliss-reactive ketones (excluding diaryl/α,β-unsaturated/α-hetero) is 5. The molecule has 2 atom stereocenters. The van der Waals surface area contributed by atoms with E-state index in [0.717, 1.165) is 80.4 Å². The highest BCUT2D eigenvalue weighted by Gasteiger charge is 2.32.